The van der Waals surface area contributed by atoms with E-state index in [4.69, 9.17) is 37.3 Å². The Labute approximate surface area is 257 Å². The van der Waals surface area contributed by atoms with E-state index in [0.717, 1.165) is 0 Å². The standard InChI is InChI=1S/C19H33N9O9S.C2HF3O2/c20-9(8-38)16(34)25-5-12(29)24-6-13(30)27-10(2-1-3-23-19(21)22)17(35)26-7-14(31)28-11(18(36)37)4-15(32)33;3-2(4,5)1(6)7/h9-11,38H,1-8,20H2,(H,24,29)(H,25,34)(H,26,35)(H,27,30)(H,28,31)(H,32,33)(H,36,37)(H4,21,22,23);(H,6,7)/t9-,10-,11-;/m0./s1. The second kappa shape index (κ2) is 21.8. The van der Waals surface area contributed by atoms with Crippen LogP contribution >= 0.6 is 12.6 Å². The number of alkyl halides is 3. The monoisotopic (exact) mass is 677 g/mol. The molecule has 3 atom stereocenters. The summed E-state index contributed by atoms with van der Waals surface area (Å²) in [5, 5.41) is 35.8. The van der Waals surface area contributed by atoms with Crippen molar-refractivity contribution in [2.75, 3.05) is 31.9 Å². The average Bonchev–Trinajstić information content (AvgIpc) is 2.93. The first-order valence-corrected chi connectivity index (χ1v) is 12.9. The fraction of sp³-hybridized carbons (Fsp3) is 0.571. The Morgan fingerprint density at radius 3 is 1.69 bits per heavy atom. The van der Waals surface area contributed by atoms with E-state index < -0.39 is 97.8 Å². The minimum Gasteiger partial charge on any atom is -0.481 e. The second-order valence-electron chi connectivity index (χ2n) is 8.43. The Morgan fingerprint density at radius 2 is 1.24 bits per heavy atom. The summed E-state index contributed by atoms with van der Waals surface area (Å²) in [5.41, 5.74) is 15.9. The molecule has 0 saturated heterocycles. The quantitative estimate of drug-likeness (QED) is 0.0279. The number of amides is 5. The van der Waals surface area contributed by atoms with Gasteiger partial charge in [0.15, 0.2) is 5.96 Å². The van der Waals surface area contributed by atoms with Crippen LogP contribution in [0.4, 0.5) is 13.2 Å². The van der Waals surface area contributed by atoms with Crippen LogP contribution in [0.5, 0.6) is 0 Å². The van der Waals surface area contributed by atoms with Crippen molar-refractivity contribution in [1.82, 2.24) is 26.6 Å². The van der Waals surface area contributed by atoms with Crippen LogP contribution in [0.2, 0.25) is 0 Å². The van der Waals surface area contributed by atoms with E-state index >= 15 is 0 Å². The Hall–Kier alpha value is -4.87. The van der Waals surface area contributed by atoms with Gasteiger partial charge in [-0.1, -0.05) is 0 Å². The molecule has 0 aliphatic heterocycles. The number of aliphatic carboxylic acids is 3. The van der Waals surface area contributed by atoms with Crippen molar-refractivity contribution >= 4 is 66.0 Å². The van der Waals surface area contributed by atoms with Crippen molar-refractivity contribution in [2.45, 2.75) is 43.6 Å². The van der Waals surface area contributed by atoms with Crippen LogP contribution in [0.15, 0.2) is 4.99 Å². The van der Waals surface area contributed by atoms with E-state index in [1.165, 1.54) is 0 Å². The number of nitrogens with zero attached hydrogens (tertiary/aromatic N) is 1. The van der Waals surface area contributed by atoms with Gasteiger partial charge >= 0.3 is 24.1 Å². The van der Waals surface area contributed by atoms with Crippen molar-refractivity contribution in [3.63, 3.8) is 0 Å². The van der Waals surface area contributed by atoms with Crippen molar-refractivity contribution in [3.05, 3.63) is 0 Å². The van der Waals surface area contributed by atoms with Gasteiger partial charge in [0.05, 0.1) is 32.1 Å². The zero-order valence-electron chi connectivity index (χ0n) is 23.3. The van der Waals surface area contributed by atoms with Gasteiger partial charge in [0, 0.05) is 12.3 Å². The largest absolute Gasteiger partial charge is 0.490 e. The SMILES string of the molecule is NC(N)=NCCC[C@H](NC(=O)CNC(=O)CNC(=O)[C@@H](N)CS)C(=O)NCC(=O)N[C@@H](CC(=O)O)C(=O)O.O=C(O)C(F)(F)F. The zero-order valence-corrected chi connectivity index (χ0v) is 24.2. The van der Waals surface area contributed by atoms with Gasteiger partial charge in [-0.2, -0.15) is 25.8 Å². The summed E-state index contributed by atoms with van der Waals surface area (Å²) in [6.45, 7) is -1.61. The summed E-state index contributed by atoms with van der Waals surface area (Å²) in [4.78, 5) is 94.6. The summed E-state index contributed by atoms with van der Waals surface area (Å²) in [6.07, 6.45) is -5.72. The smallest absolute Gasteiger partial charge is 0.481 e. The van der Waals surface area contributed by atoms with Gasteiger partial charge in [0.2, 0.25) is 29.5 Å². The number of halogens is 3. The van der Waals surface area contributed by atoms with Gasteiger partial charge in [-0.3, -0.25) is 33.8 Å². The van der Waals surface area contributed by atoms with Crippen LogP contribution in [0.25, 0.3) is 0 Å². The van der Waals surface area contributed by atoms with E-state index in [1.807, 2.05) is 5.32 Å². The predicted octanol–water partition coefficient (Wildman–Crippen LogP) is -5.19. The third-order valence-electron chi connectivity index (χ3n) is 4.68. The number of carbonyl (C=O) groups excluding carboxylic acids is 5. The number of guanidine groups is 1. The van der Waals surface area contributed by atoms with Crippen LogP contribution in [0, 0.1) is 0 Å². The number of hydrogen-bond donors (Lipinski definition) is 12. The fourth-order valence-electron chi connectivity index (χ4n) is 2.55. The van der Waals surface area contributed by atoms with Crippen LogP contribution < -0.4 is 43.8 Å². The second-order valence-corrected chi connectivity index (χ2v) is 8.79. The van der Waals surface area contributed by atoms with E-state index in [-0.39, 0.29) is 31.1 Å². The van der Waals surface area contributed by atoms with Crippen molar-refractivity contribution in [3.8, 4) is 0 Å². The Morgan fingerprint density at radius 1 is 0.778 bits per heavy atom. The number of carbonyl (C=O) groups is 8. The van der Waals surface area contributed by atoms with Crippen LogP contribution in [0.3, 0.4) is 0 Å². The first kappa shape index (κ1) is 42.3. The summed E-state index contributed by atoms with van der Waals surface area (Å²) >= 11 is 3.86. The topological polar surface area (TPSA) is 348 Å². The van der Waals surface area contributed by atoms with Crippen molar-refractivity contribution in [1.29, 1.82) is 0 Å². The highest BCUT2D eigenvalue weighted by Gasteiger charge is 2.38. The minimum atomic E-state index is -5.08. The molecule has 0 aromatic rings. The van der Waals surface area contributed by atoms with E-state index in [9.17, 15) is 46.7 Å². The van der Waals surface area contributed by atoms with Crippen LogP contribution in [0.1, 0.15) is 19.3 Å². The van der Waals surface area contributed by atoms with Gasteiger partial charge in [-0.25, -0.2) is 9.59 Å². The van der Waals surface area contributed by atoms with Crippen LogP contribution in [-0.2, 0) is 38.4 Å². The summed E-state index contributed by atoms with van der Waals surface area (Å²) in [6, 6.07) is -3.83. The molecule has 0 unspecified atom stereocenters. The number of carboxylic acids is 3. The van der Waals surface area contributed by atoms with Gasteiger partial charge in [-0.05, 0) is 12.8 Å². The molecule has 24 heteroatoms. The Bertz CT molecular complexity index is 1110. The number of rotatable bonds is 18. The highest BCUT2D eigenvalue weighted by Crippen LogP contribution is 2.13. The lowest BCUT2D eigenvalue weighted by molar-refractivity contribution is -0.192. The zero-order chi connectivity index (χ0) is 35.3. The molecular formula is C21H34F3N9O11S. The highest BCUT2D eigenvalue weighted by molar-refractivity contribution is 7.80. The van der Waals surface area contributed by atoms with Crippen molar-refractivity contribution in [2.24, 2.45) is 22.2 Å². The number of aliphatic imine (C=N–C) groups is 1. The van der Waals surface area contributed by atoms with E-state index in [0.29, 0.717) is 0 Å². The molecule has 0 saturated carbocycles. The molecule has 0 heterocycles. The maximum absolute atomic E-state index is 12.6. The van der Waals surface area contributed by atoms with Crippen molar-refractivity contribution < 1.29 is 66.8 Å². The summed E-state index contributed by atoms with van der Waals surface area (Å²) in [5.74, 6) is -9.84. The number of nitrogens with two attached hydrogens (primary N) is 3. The molecule has 0 aromatic heterocycles. The Kier molecular flexibility index (Phi) is 20.4. The molecule has 256 valence electrons. The number of thiol groups is 1. The average molecular weight is 678 g/mol. The number of carboxylic acid groups (broad SMARTS) is 3. The molecule has 0 aromatic carbocycles. The lowest BCUT2D eigenvalue weighted by Gasteiger charge is -2.19. The van der Waals surface area contributed by atoms with Gasteiger partial charge < -0.3 is 59.1 Å². The third kappa shape index (κ3) is 22.3. The number of hydrogen-bond acceptors (Lipinski definition) is 11. The molecule has 0 aliphatic rings. The molecule has 14 N–H and O–H groups in total. The van der Waals surface area contributed by atoms with Crippen LogP contribution in [-0.4, -0.2) is 125 Å². The molecule has 0 spiro atoms. The lowest BCUT2D eigenvalue weighted by Crippen LogP contribution is -2.52. The molecular weight excluding hydrogens is 643 g/mol. The first-order chi connectivity index (χ1) is 20.7. The van der Waals surface area contributed by atoms with E-state index in [1.54, 1.807) is 0 Å². The molecule has 45 heavy (non-hydrogen) atoms. The fourth-order valence-corrected chi connectivity index (χ4v) is 2.72. The molecule has 20 nitrogen and oxygen atoms in total. The maximum Gasteiger partial charge on any atom is 0.490 e. The van der Waals surface area contributed by atoms with Gasteiger partial charge in [-0.15, -0.1) is 0 Å². The molecule has 0 aliphatic carbocycles. The lowest BCUT2D eigenvalue weighted by atomic mass is 10.1. The molecule has 0 fully saturated rings. The molecule has 0 bridgehead atoms. The normalized spacial score (nSPS) is 12.4. The maximum atomic E-state index is 12.6. The summed E-state index contributed by atoms with van der Waals surface area (Å²) in [7, 11) is 0. The minimum absolute atomic E-state index is 0.0123. The van der Waals surface area contributed by atoms with Gasteiger partial charge in [0.25, 0.3) is 0 Å². The Balaban J connectivity index is 0. The third-order valence-corrected chi connectivity index (χ3v) is 5.07. The first-order valence-electron chi connectivity index (χ1n) is 12.3. The molecule has 0 rings (SSSR count). The van der Waals surface area contributed by atoms with Gasteiger partial charge in [0.1, 0.15) is 12.1 Å². The molecule has 0 radical (unpaired) electrons. The van der Waals surface area contributed by atoms with E-state index in [2.05, 4.69) is 38.9 Å². The molecule has 5 amide bonds. The number of nitrogens with one attached hydrogen (secondary N) is 5. The summed E-state index contributed by atoms with van der Waals surface area (Å²) < 4.78 is 31.7. The highest BCUT2D eigenvalue weighted by atomic mass is 32.1. The predicted molar refractivity (Wildman–Crippen MR) is 148 cm³/mol.